The predicted molar refractivity (Wildman–Crippen MR) is 74.8 cm³/mol. The van der Waals surface area contributed by atoms with Crippen molar-refractivity contribution in [2.45, 2.75) is 19.4 Å². The van der Waals surface area contributed by atoms with Crippen LogP contribution in [0.4, 0.5) is 0 Å². The number of hydrazine groups is 1. The van der Waals surface area contributed by atoms with E-state index in [4.69, 9.17) is 5.84 Å². The van der Waals surface area contributed by atoms with E-state index >= 15 is 0 Å². The highest BCUT2D eigenvalue weighted by Crippen LogP contribution is 2.24. The fraction of sp³-hybridized carbons (Fsp3) is 0.250. The maximum atomic E-state index is 5.62. The van der Waals surface area contributed by atoms with Crippen molar-refractivity contribution in [1.82, 2.24) is 10.4 Å². The molecule has 90 valence electrons. The van der Waals surface area contributed by atoms with E-state index in [1.165, 1.54) is 11.1 Å². The van der Waals surface area contributed by atoms with Gasteiger partial charge < -0.3 is 0 Å². The number of benzene rings is 1. The highest BCUT2D eigenvalue weighted by molar-refractivity contribution is 9.10. The first-order chi connectivity index (χ1) is 8.20. The molecule has 0 aliphatic rings. The SMILES string of the molecule is Cc1ccc(C(Cc2nccs2)NN)cc1Br. The zero-order valence-electron chi connectivity index (χ0n) is 9.48. The maximum absolute atomic E-state index is 5.62. The Morgan fingerprint density at radius 2 is 2.35 bits per heavy atom. The van der Waals surface area contributed by atoms with Gasteiger partial charge in [-0.15, -0.1) is 11.3 Å². The number of nitrogens with two attached hydrogens (primary N) is 1. The zero-order valence-corrected chi connectivity index (χ0v) is 11.9. The Morgan fingerprint density at radius 1 is 1.53 bits per heavy atom. The zero-order chi connectivity index (χ0) is 12.3. The summed E-state index contributed by atoms with van der Waals surface area (Å²) in [5.41, 5.74) is 5.24. The summed E-state index contributed by atoms with van der Waals surface area (Å²) in [4.78, 5) is 4.28. The van der Waals surface area contributed by atoms with E-state index < -0.39 is 0 Å². The van der Waals surface area contributed by atoms with Crippen molar-refractivity contribution in [2.75, 3.05) is 0 Å². The molecule has 17 heavy (non-hydrogen) atoms. The minimum atomic E-state index is 0.0954. The Morgan fingerprint density at radius 3 is 2.94 bits per heavy atom. The molecule has 0 fully saturated rings. The molecule has 1 aromatic carbocycles. The van der Waals surface area contributed by atoms with Crippen LogP contribution in [0.15, 0.2) is 34.2 Å². The van der Waals surface area contributed by atoms with Crippen molar-refractivity contribution in [2.24, 2.45) is 5.84 Å². The summed E-state index contributed by atoms with van der Waals surface area (Å²) in [6.07, 6.45) is 2.63. The smallest absolute Gasteiger partial charge is 0.0944 e. The minimum absolute atomic E-state index is 0.0954. The van der Waals surface area contributed by atoms with Crippen molar-refractivity contribution < 1.29 is 0 Å². The third kappa shape index (κ3) is 3.13. The molecular formula is C12H14BrN3S. The van der Waals surface area contributed by atoms with E-state index in [2.05, 4.69) is 51.5 Å². The van der Waals surface area contributed by atoms with E-state index in [9.17, 15) is 0 Å². The van der Waals surface area contributed by atoms with Crippen LogP contribution in [-0.4, -0.2) is 4.98 Å². The lowest BCUT2D eigenvalue weighted by atomic mass is 10.0. The molecule has 0 spiro atoms. The first-order valence-electron chi connectivity index (χ1n) is 5.31. The first-order valence-corrected chi connectivity index (χ1v) is 6.98. The third-order valence-corrected chi connectivity index (χ3v) is 4.32. The maximum Gasteiger partial charge on any atom is 0.0944 e. The second-order valence-corrected chi connectivity index (χ2v) is 5.69. The molecule has 0 aliphatic heterocycles. The molecule has 1 atom stereocenters. The van der Waals surface area contributed by atoms with Crippen LogP contribution in [-0.2, 0) is 6.42 Å². The van der Waals surface area contributed by atoms with Gasteiger partial charge in [-0.25, -0.2) is 4.98 Å². The molecule has 0 aliphatic carbocycles. The van der Waals surface area contributed by atoms with Crippen LogP contribution in [0, 0.1) is 6.92 Å². The van der Waals surface area contributed by atoms with E-state index in [1.807, 2.05) is 11.6 Å². The number of hydrogen-bond acceptors (Lipinski definition) is 4. The lowest BCUT2D eigenvalue weighted by Crippen LogP contribution is -2.29. The van der Waals surface area contributed by atoms with E-state index in [0.29, 0.717) is 0 Å². The fourth-order valence-electron chi connectivity index (χ4n) is 1.63. The average molecular weight is 312 g/mol. The lowest BCUT2D eigenvalue weighted by Gasteiger charge is -2.15. The molecule has 0 saturated heterocycles. The quantitative estimate of drug-likeness (QED) is 0.674. The van der Waals surface area contributed by atoms with Crippen molar-refractivity contribution in [3.05, 3.63) is 50.4 Å². The molecule has 1 aromatic heterocycles. The molecule has 2 rings (SSSR count). The summed E-state index contributed by atoms with van der Waals surface area (Å²) < 4.78 is 1.11. The highest BCUT2D eigenvalue weighted by Gasteiger charge is 2.12. The molecule has 5 heteroatoms. The molecule has 1 heterocycles. The summed E-state index contributed by atoms with van der Waals surface area (Å²) in [7, 11) is 0. The minimum Gasteiger partial charge on any atom is -0.271 e. The summed E-state index contributed by atoms with van der Waals surface area (Å²) in [6, 6.07) is 6.38. The van der Waals surface area contributed by atoms with E-state index in [1.54, 1.807) is 11.3 Å². The molecule has 2 aromatic rings. The van der Waals surface area contributed by atoms with Crippen LogP contribution in [0.3, 0.4) is 0 Å². The van der Waals surface area contributed by atoms with Crippen molar-refractivity contribution in [3.63, 3.8) is 0 Å². The topological polar surface area (TPSA) is 50.9 Å². The van der Waals surface area contributed by atoms with Gasteiger partial charge in [0.15, 0.2) is 0 Å². The normalized spacial score (nSPS) is 12.6. The van der Waals surface area contributed by atoms with Crippen LogP contribution >= 0.6 is 27.3 Å². The van der Waals surface area contributed by atoms with Crippen LogP contribution in [0.1, 0.15) is 22.2 Å². The van der Waals surface area contributed by atoms with Gasteiger partial charge in [-0.1, -0.05) is 28.1 Å². The number of aryl methyl sites for hydroxylation is 1. The number of rotatable bonds is 4. The Bertz CT molecular complexity index is 485. The number of thiazole rings is 1. The molecule has 3 N–H and O–H groups in total. The number of aromatic nitrogens is 1. The van der Waals surface area contributed by atoms with Crippen molar-refractivity contribution >= 4 is 27.3 Å². The molecule has 1 unspecified atom stereocenters. The van der Waals surface area contributed by atoms with Gasteiger partial charge in [0.05, 0.1) is 11.0 Å². The largest absolute Gasteiger partial charge is 0.271 e. The van der Waals surface area contributed by atoms with E-state index in [-0.39, 0.29) is 6.04 Å². The monoisotopic (exact) mass is 311 g/mol. The number of nitrogens with zero attached hydrogens (tertiary/aromatic N) is 1. The Hall–Kier alpha value is -0.750. The molecule has 0 bridgehead atoms. The third-order valence-electron chi connectivity index (χ3n) is 2.66. The van der Waals surface area contributed by atoms with Crippen molar-refractivity contribution in [1.29, 1.82) is 0 Å². The Balaban J connectivity index is 2.20. The molecule has 0 radical (unpaired) electrons. The van der Waals surface area contributed by atoms with E-state index in [0.717, 1.165) is 15.9 Å². The van der Waals surface area contributed by atoms with Crippen molar-refractivity contribution in [3.8, 4) is 0 Å². The van der Waals surface area contributed by atoms with Crippen LogP contribution in [0.5, 0.6) is 0 Å². The number of nitrogens with one attached hydrogen (secondary N) is 1. The van der Waals surface area contributed by atoms with Crippen LogP contribution in [0.2, 0.25) is 0 Å². The van der Waals surface area contributed by atoms with Gasteiger partial charge in [0, 0.05) is 22.5 Å². The molecule has 0 amide bonds. The lowest BCUT2D eigenvalue weighted by molar-refractivity contribution is 0.550. The molecule has 0 saturated carbocycles. The Labute approximate surface area is 113 Å². The molecular weight excluding hydrogens is 298 g/mol. The fourth-order valence-corrected chi connectivity index (χ4v) is 2.69. The summed E-state index contributed by atoms with van der Waals surface area (Å²) in [5.74, 6) is 5.62. The Kier molecular flexibility index (Phi) is 4.28. The van der Waals surface area contributed by atoms with Gasteiger partial charge in [-0.3, -0.25) is 11.3 Å². The van der Waals surface area contributed by atoms with Crippen LogP contribution in [0.25, 0.3) is 0 Å². The predicted octanol–water partition coefficient (Wildman–Crippen LogP) is 2.96. The van der Waals surface area contributed by atoms with Gasteiger partial charge in [0.2, 0.25) is 0 Å². The number of halogens is 1. The van der Waals surface area contributed by atoms with Gasteiger partial charge in [0.25, 0.3) is 0 Å². The number of hydrogen-bond donors (Lipinski definition) is 2. The van der Waals surface area contributed by atoms with Crippen LogP contribution < -0.4 is 11.3 Å². The highest BCUT2D eigenvalue weighted by atomic mass is 79.9. The van der Waals surface area contributed by atoms with Gasteiger partial charge in [-0.05, 0) is 24.1 Å². The summed E-state index contributed by atoms with van der Waals surface area (Å²) in [5, 5.41) is 3.07. The second-order valence-electron chi connectivity index (χ2n) is 3.86. The standard InChI is InChI=1S/C12H14BrN3S/c1-8-2-3-9(6-10(8)13)11(16-14)7-12-15-4-5-17-12/h2-6,11,16H,7,14H2,1H3. The van der Waals surface area contributed by atoms with Gasteiger partial charge in [-0.2, -0.15) is 0 Å². The average Bonchev–Trinajstić information content (AvgIpc) is 2.82. The van der Waals surface area contributed by atoms with Gasteiger partial charge >= 0.3 is 0 Å². The summed E-state index contributed by atoms with van der Waals surface area (Å²) in [6.45, 7) is 2.07. The molecule has 3 nitrogen and oxygen atoms in total. The second kappa shape index (κ2) is 5.73. The van der Waals surface area contributed by atoms with Gasteiger partial charge in [0.1, 0.15) is 0 Å². The first kappa shape index (κ1) is 12.7. The summed E-state index contributed by atoms with van der Waals surface area (Å²) >= 11 is 5.19.